The highest BCUT2D eigenvalue weighted by molar-refractivity contribution is 9.10. The molecule has 0 saturated heterocycles. The van der Waals surface area contributed by atoms with E-state index in [1.807, 2.05) is 0 Å². The molecule has 0 fully saturated rings. The Morgan fingerprint density at radius 2 is 1.89 bits per heavy atom. The van der Waals surface area contributed by atoms with Crippen molar-refractivity contribution in [2.24, 2.45) is 0 Å². The van der Waals surface area contributed by atoms with Gasteiger partial charge in [0.25, 0.3) is 5.91 Å². The Morgan fingerprint density at radius 3 is 2.58 bits per heavy atom. The molecule has 3 nitrogen and oxygen atoms in total. The first-order valence-corrected chi connectivity index (χ1v) is 6.87. The topological polar surface area (TPSA) is 55.1 Å². The van der Waals surface area contributed by atoms with Gasteiger partial charge in [-0.25, -0.2) is 4.39 Å². The van der Waals surface area contributed by atoms with Crippen molar-refractivity contribution in [3.05, 3.63) is 56.7 Å². The average Bonchev–Trinajstić information content (AvgIpc) is 2.36. The molecule has 0 heterocycles. The summed E-state index contributed by atoms with van der Waals surface area (Å²) in [6, 6.07) is 9.25. The normalized spacial score (nSPS) is 10.3. The molecule has 0 bridgehead atoms. The van der Waals surface area contributed by atoms with Crippen LogP contribution < -0.4 is 11.1 Å². The van der Waals surface area contributed by atoms with Crippen LogP contribution >= 0.6 is 31.9 Å². The van der Waals surface area contributed by atoms with E-state index in [4.69, 9.17) is 5.73 Å². The first kappa shape index (κ1) is 14.0. The molecular weight excluding hydrogens is 379 g/mol. The fraction of sp³-hybridized carbons (Fsp3) is 0. The minimum Gasteiger partial charge on any atom is -0.398 e. The average molecular weight is 388 g/mol. The quantitative estimate of drug-likeness (QED) is 0.759. The van der Waals surface area contributed by atoms with E-state index < -0.39 is 0 Å². The van der Waals surface area contributed by atoms with E-state index in [1.165, 1.54) is 18.2 Å². The number of carbonyl (C=O) groups is 1. The second-order valence-corrected chi connectivity index (χ2v) is 5.58. The lowest BCUT2D eigenvalue weighted by atomic mass is 10.1. The van der Waals surface area contributed by atoms with Crippen LogP contribution in [-0.2, 0) is 0 Å². The zero-order valence-electron chi connectivity index (χ0n) is 9.58. The van der Waals surface area contributed by atoms with Gasteiger partial charge in [0, 0.05) is 15.8 Å². The molecule has 2 rings (SSSR count). The summed E-state index contributed by atoms with van der Waals surface area (Å²) in [5.74, 6) is -0.739. The highest BCUT2D eigenvalue weighted by atomic mass is 79.9. The lowest BCUT2D eigenvalue weighted by Crippen LogP contribution is -2.14. The lowest BCUT2D eigenvalue weighted by Gasteiger charge is -2.08. The van der Waals surface area contributed by atoms with Crippen molar-refractivity contribution in [2.45, 2.75) is 0 Å². The summed E-state index contributed by atoms with van der Waals surface area (Å²) in [4.78, 5) is 12.1. The summed E-state index contributed by atoms with van der Waals surface area (Å²) < 4.78 is 14.1. The molecule has 0 spiro atoms. The Morgan fingerprint density at radius 1 is 1.16 bits per heavy atom. The van der Waals surface area contributed by atoms with Crippen LogP contribution in [0.3, 0.4) is 0 Å². The van der Waals surface area contributed by atoms with Gasteiger partial charge >= 0.3 is 0 Å². The second kappa shape index (κ2) is 5.71. The monoisotopic (exact) mass is 386 g/mol. The van der Waals surface area contributed by atoms with Gasteiger partial charge in [-0.1, -0.05) is 15.9 Å². The first-order chi connectivity index (χ1) is 8.97. The maximum Gasteiger partial charge on any atom is 0.257 e. The molecule has 2 aromatic carbocycles. The molecule has 0 aliphatic heterocycles. The minimum atomic E-state index is -0.389. The predicted octanol–water partition coefficient (Wildman–Crippen LogP) is 4.19. The molecule has 0 saturated carbocycles. The van der Waals surface area contributed by atoms with E-state index in [0.717, 1.165) is 4.47 Å². The maximum absolute atomic E-state index is 13.1. The van der Waals surface area contributed by atoms with Gasteiger partial charge in [-0.05, 0) is 52.3 Å². The number of amides is 1. The summed E-state index contributed by atoms with van der Waals surface area (Å²) in [5, 5.41) is 2.66. The number of halogens is 3. The van der Waals surface area contributed by atoms with Gasteiger partial charge in [-0.15, -0.1) is 0 Å². The van der Waals surface area contributed by atoms with Gasteiger partial charge in [-0.2, -0.15) is 0 Å². The lowest BCUT2D eigenvalue weighted by molar-refractivity contribution is 0.102. The van der Waals surface area contributed by atoms with Crippen molar-refractivity contribution in [3.63, 3.8) is 0 Å². The molecule has 6 heteroatoms. The second-order valence-electron chi connectivity index (χ2n) is 3.81. The van der Waals surface area contributed by atoms with Crippen molar-refractivity contribution in [3.8, 4) is 0 Å². The zero-order valence-corrected chi connectivity index (χ0v) is 12.8. The molecule has 2 aromatic rings. The number of carbonyl (C=O) groups excluding carboxylic acids is 1. The summed E-state index contributed by atoms with van der Waals surface area (Å²) in [7, 11) is 0. The standard InChI is InChI=1S/C13H9Br2FN2O/c14-7-1-4-12(17)9(5-7)13(19)18-8-2-3-11(16)10(15)6-8/h1-6H,17H2,(H,18,19). The Labute approximate surface area is 126 Å². The van der Waals surface area contributed by atoms with Crippen LogP contribution in [0.2, 0.25) is 0 Å². The third kappa shape index (κ3) is 3.33. The summed E-state index contributed by atoms with van der Waals surface area (Å²) in [5.41, 5.74) is 6.96. The number of hydrogen-bond acceptors (Lipinski definition) is 2. The third-order valence-corrected chi connectivity index (χ3v) is 3.54. The van der Waals surface area contributed by atoms with E-state index in [-0.39, 0.29) is 16.2 Å². The number of anilines is 2. The number of nitrogen functional groups attached to an aromatic ring is 1. The molecule has 1 amide bonds. The van der Waals surface area contributed by atoms with E-state index in [2.05, 4.69) is 37.2 Å². The number of hydrogen-bond donors (Lipinski definition) is 2. The SMILES string of the molecule is Nc1ccc(Br)cc1C(=O)Nc1ccc(F)c(Br)c1. The third-order valence-electron chi connectivity index (χ3n) is 2.44. The number of rotatable bonds is 2. The smallest absolute Gasteiger partial charge is 0.257 e. The van der Waals surface area contributed by atoms with E-state index in [0.29, 0.717) is 16.9 Å². The van der Waals surface area contributed by atoms with Gasteiger partial charge in [0.15, 0.2) is 0 Å². The molecule has 0 aromatic heterocycles. The Hall–Kier alpha value is -1.40. The highest BCUT2D eigenvalue weighted by Gasteiger charge is 2.11. The van der Waals surface area contributed by atoms with Gasteiger partial charge in [0.2, 0.25) is 0 Å². The number of benzene rings is 2. The Balaban J connectivity index is 2.25. The van der Waals surface area contributed by atoms with Gasteiger partial charge in [0.1, 0.15) is 5.82 Å². The Kier molecular flexibility index (Phi) is 4.21. The summed E-state index contributed by atoms with van der Waals surface area (Å²) >= 11 is 6.34. The van der Waals surface area contributed by atoms with Crippen molar-refractivity contribution in [1.82, 2.24) is 0 Å². The van der Waals surface area contributed by atoms with Crippen LogP contribution in [0.15, 0.2) is 45.3 Å². The van der Waals surface area contributed by atoms with E-state index in [9.17, 15) is 9.18 Å². The van der Waals surface area contributed by atoms with Gasteiger partial charge in [-0.3, -0.25) is 4.79 Å². The summed E-state index contributed by atoms with van der Waals surface area (Å²) in [6.45, 7) is 0. The molecule has 19 heavy (non-hydrogen) atoms. The predicted molar refractivity (Wildman–Crippen MR) is 80.6 cm³/mol. The van der Waals surface area contributed by atoms with Crippen LogP contribution in [0.5, 0.6) is 0 Å². The van der Waals surface area contributed by atoms with Crippen molar-refractivity contribution >= 4 is 49.1 Å². The Bertz CT molecular complexity index is 647. The largest absolute Gasteiger partial charge is 0.398 e. The first-order valence-electron chi connectivity index (χ1n) is 5.29. The van der Waals surface area contributed by atoms with Crippen LogP contribution in [-0.4, -0.2) is 5.91 Å². The van der Waals surface area contributed by atoms with Crippen LogP contribution in [0.25, 0.3) is 0 Å². The van der Waals surface area contributed by atoms with E-state index in [1.54, 1.807) is 18.2 Å². The molecule has 0 aliphatic carbocycles. The van der Waals surface area contributed by atoms with Crippen LogP contribution in [0, 0.1) is 5.82 Å². The van der Waals surface area contributed by atoms with Gasteiger partial charge in [0.05, 0.1) is 10.0 Å². The fourth-order valence-corrected chi connectivity index (χ4v) is 2.24. The molecule has 0 unspecified atom stereocenters. The molecule has 0 aliphatic rings. The van der Waals surface area contributed by atoms with Crippen LogP contribution in [0.1, 0.15) is 10.4 Å². The fourth-order valence-electron chi connectivity index (χ4n) is 1.50. The number of nitrogens with one attached hydrogen (secondary N) is 1. The van der Waals surface area contributed by atoms with E-state index >= 15 is 0 Å². The zero-order chi connectivity index (χ0) is 14.0. The molecule has 98 valence electrons. The van der Waals surface area contributed by atoms with Crippen molar-refractivity contribution in [2.75, 3.05) is 11.1 Å². The van der Waals surface area contributed by atoms with Crippen molar-refractivity contribution in [1.29, 1.82) is 0 Å². The molecular formula is C13H9Br2FN2O. The van der Waals surface area contributed by atoms with Gasteiger partial charge < -0.3 is 11.1 Å². The van der Waals surface area contributed by atoms with Crippen LogP contribution in [0.4, 0.5) is 15.8 Å². The molecule has 0 radical (unpaired) electrons. The molecule has 0 atom stereocenters. The number of nitrogens with two attached hydrogens (primary N) is 1. The summed E-state index contributed by atoms with van der Waals surface area (Å²) in [6.07, 6.45) is 0. The highest BCUT2D eigenvalue weighted by Crippen LogP contribution is 2.22. The van der Waals surface area contributed by atoms with Crippen molar-refractivity contribution < 1.29 is 9.18 Å². The minimum absolute atomic E-state index is 0.285. The molecule has 3 N–H and O–H groups in total. The maximum atomic E-state index is 13.1.